The molecule has 2 aliphatic rings. The molecule has 1 aromatic carbocycles. The predicted octanol–water partition coefficient (Wildman–Crippen LogP) is 1.76. The van der Waals surface area contributed by atoms with Crippen LogP contribution in [0.3, 0.4) is 0 Å². The highest BCUT2D eigenvalue weighted by molar-refractivity contribution is 5.80. The Morgan fingerprint density at radius 3 is 2.70 bits per heavy atom. The number of nitrogens with two attached hydrogens (primary N) is 1. The molecule has 37 heavy (non-hydrogen) atoms. The van der Waals surface area contributed by atoms with Crippen molar-refractivity contribution in [1.82, 2.24) is 24.8 Å². The Labute approximate surface area is 215 Å². The molecule has 4 heterocycles. The van der Waals surface area contributed by atoms with Crippen LogP contribution in [-0.4, -0.2) is 62.2 Å². The smallest absolute Gasteiger partial charge is 0.280 e. The van der Waals surface area contributed by atoms with Crippen molar-refractivity contribution in [3.05, 3.63) is 77.1 Å². The number of pyridine rings is 1. The van der Waals surface area contributed by atoms with Crippen LogP contribution in [0.4, 0.5) is 5.69 Å². The normalized spacial score (nSPS) is 21.4. The van der Waals surface area contributed by atoms with Crippen LogP contribution in [-0.2, 0) is 11.3 Å². The maximum Gasteiger partial charge on any atom is 0.280 e. The zero-order valence-electron chi connectivity index (χ0n) is 20.6. The number of likely N-dealkylation sites (tertiary alicyclic amines) is 1. The average Bonchev–Trinajstić information content (AvgIpc) is 2.94. The summed E-state index contributed by atoms with van der Waals surface area (Å²) in [5.41, 5.74) is 5.40. The van der Waals surface area contributed by atoms with E-state index in [9.17, 15) is 14.7 Å². The number of nitrogens with one attached hydrogen (secondary N) is 1. The fourth-order valence-corrected chi connectivity index (χ4v) is 5.26. The van der Waals surface area contributed by atoms with E-state index in [1.165, 1.54) is 22.7 Å². The lowest BCUT2D eigenvalue weighted by Crippen LogP contribution is -2.52. The van der Waals surface area contributed by atoms with Crippen LogP contribution in [0, 0.1) is 5.92 Å². The zero-order chi connectivity index (χ0) is 25.8. The summed E-state index contributed by atoms with van der Waals surface area (Å²) in [5.74, 6) is 0.587. The van der Waals surface area contributed by atoms with Crippen LogP contribution in [0.5, 0.6) is 11.6 Å². The topological polar surface area (TPSA) is 136 Å². The molecule has 0 saturated carbocycles. The van der Waals surface area contributed by atoms with E-state index in [0.29, 0.717) is 31.7 Å². The highest BCUT2D eigenvalue weighted by Gasteiger charge is 2.39. The second-order valence-electron chi connectivity index (χ2n) is 9.85. The van der Waals surface area contributed by atoms with Crippen LogP contribution >= 0.6 is 0 Å². The van der Waals surface area contributed by atoms with Crippen molar-refractivity contribution in [1.29, 1.82) is 0 Å². The number of nitrogens with zero attached hydrogens (tertiary/aromatic N) is 4. The molecule has 1 amide bonds. The minimum atomic E-state index is -1.15. The van der Waals surface area contributed by atoms with Gasteiger partial charge in [0.2, 0.25) is 11.8 Å². The standard InChI is InChI=1S/C27H32N6O4/c28-23-24(37-20-7-4-11-29-15-20)31-18-33(26(23)35)17-27(36)9-13-32(14-10-27)25(34)21-8-12-30-16-22(21)19-5-2-1-3-6-19/h1-7,11,15,18,21-22,30,36H,8-10,12-14,16-17,28H2/t21-,22+/m1/s1. The van der Waals surface area contributed by atoms with Gasteiger partial charge in [0.05, 0.1) is 18.3 Å². The molecule has 2 aromatic heterocycles. The first kappa shape index (κ1) is 24.9. The Hall–Kier alpha value is -3.76. The summed E-state index contributed by atoms with van der Waals surface area (Å²) >= 11 is 0. The van der Waals surface area contributed by atoms with Gasteiger partial charge in [-0.15, -0.1) is 0 Å². The van der Waals surface area contributed by atoms with E-state index < -0.39 is 11.2 Å². The highest BCUT2D eigenvalue weighted by Crippen LogP contribution is 2.33. The van der Waals surface area contributed by atoms with Crippen molar-refractivity contribution in [2.24, 2.45) is 5.92 Å². The van der Waals surface area contributed by atoms with Gasteiger partial charge >= 0.3 is 0 Å². The monoisotopic (exact) mass is 504 g/mol. The number of nitrogen functional groups attached to an aromatic ring is 1. The largest absolute Gasteiger partial charge is 0.435 e. The SMILES string of the molecule is Nc1c(Oc2cccnc2)ncn(CC2(O)CCN(C(=O)[C@@H]3CCNC[C@H]3c3ccccc3)CC2)c1=O. The van der Waals surface area contributed by atoms with Gasteiger partial charge in [-0.25, -0.2) is 4.98 Å². The molecule has 10 nitrogen and oxygen atoms in total. The average molecular weight is 505 g/mol. The minimum absolute atomic E-state index is 0.00315. The number of carbonyl (C=O) groups is 1. The first-order chi connectivity index (χ1) is 17.9. The quantitative estimate of drug-likeness (QED) is 0.462. The molecule has 0 aliphatic carbocycles. The number of carbonyl (C=O) groups excluding carboxylic acids is 1. The number of hydrogen-bond acceptors (Lipinski definition) is 8. The molecule has 0 spiro atoms. The Balaban J connectivity index is 1.23. The van der Waals surface area contributed by atoms with Crippen molar-refractivity contribution in [3.63, 3.8) is 0 Å². The molecule has 10 heteroatoms. The molecular formula is C27H32N6O4. The second kappa shape index (κ2) is 10.7. The lowest BCUT2D eigenvalue weighted by atomic mass is 9.80. The molecule has 2 atom stereocenters. The number of benzene rings is 1. The van der Waals surface area contributed by atoms with Gasteiger partial charge in [-0.3, -0.25) is 19.1 Å². The van der Waals surface area contributed by atoms with E-state index >= 15 is 0 Å². The third kappa shape index (κ3) is 5.50. The number of piperidine rings is 2. The van der Waals surface area contributed by atoms with Crippen LogP contribution in [0.2, 0.25) is 0 Å². The lowest BCUT2D eigenvalue weighted by Gasteiger charge is -2.41. The van der Waals surface area contributed by atoms with E-state index in [-0.39, 0.29) is 35.9 Å². The molecular weight excluding hydrogens is 472 g/mol. The highest BCUT2D eigenvalue weighted by atomic mass is 16.5. The summed E-state index contributed by atoms with van der Waals surface area (Å²) in [4.78, 5) is 36.4. The summed E-state index contributed by atoms with van der Waals surface area (Å²) < 4.78 is 6.88. The predicted molar refractivity (Wildman–Crippen MR) is 138 cm³/mol. The summed E-state index contributed by atoms with van der Waals surface area (Å²) in [7, 11) is 0. The van der Waals surface area contributed by atoms with Gasteiger partial charge < -0.3 is 25.8 Å². The number of anilines is 1. The number of rotatable bonds is 6. The maximum absolute atomic E-state index is 13.5. The molecule has 0 bridgehead atoms. The third-order valence-electron chi connectivity index (χ3n) is 7.38. The van der Waals surface area contributed by atoms with Crippen LogP contribution in [0.25, 0.3) is 0 Å². The number of aromatic nitrogens is 3. The Morgan fingerprint density at radius 2 is 1.97 bits per heavy atom. The molecule has 2 fully saturated rings. The van der Waals surface area contributed by atoms with E-state index in [4.69, 9.17) is 10.5 Å². The van der Waals surface area contributed by atoms with Crippen molar-refractivity contribution in [3.8, 4) is 11.6 Å². The summed E-state index contributed by atoms with van der Waals surface area (Å²) in [6.07, 6.45) is 5.94. The molecule has 3 aromatic rings. The molecule has 4 N–H and O–H groups in total. The van der Waals surface area contributed by atoms with Gasteiger partial charge in [0.25, 0.3) is 5.56 Å². The molecule has 0 radical (unpaired) electrons. The molecule has 5 rings (SSSR count). The van der Waals surface area contributed by atoms with E-state index in [1.54, 1.807) is 18.3 Å². The second-order valence-corrected chi connectivity index (χ2v) is 9.85. The van der Waals surface area contributed by atoms with Crippen LogP contribution < -0.4 is 21.3 Å². The van der Waals surface area contributed by atoms with Gasteiger partial charge in [0, 0.05) is 37.7 Å². The molecule has 2 aliphatic heterocycles. The van der Waals surface area contributed by atoms with Crippen molar-refractivity contribution < 1.29 is 14.6 Å². The molecule has 2 saturated heterocycles. The fourth-order valence-electron chi connectivity index (χ4n) is 5.26. The third-order valence-corrected chi connectivity index (χ3v) is 7.38. The molecule has 194 valence electrons. The van der Waals surface area contributed by atoms with Gasteiger partial charge in [0.15, 0.2) is 5.69 Å². The van der Waals surface area contributed by atoms with Gasteiger partial charge in [-0.05, 0) is 43.5 Å². The Bertz CT molecular complexity index is 1280. The first-order valence-corrected chi connectivity index (χ1v) is 12.6. The lowest BCUT2D eigenvalue weighted by molar-refractivity contribution is -0.141. The van der Waals surface area contributed by atoms with E-state index in [2.05, 4.69) is 27.4 Å². The van der Waals surface area contributed by atoms with Crippen LogP contribution in [0.15, 0.2) is 66.0 Å². The number of aliphatic hydroxyl groups is 1. The Kier molecular flexibility index (Phi) is 7.20. The maximum atomic E-state index is 13.5. The van der Waals surface area contributed by atoms with E-state index in [0.717, 1.165) is 19.5 Å². The summed E-state index contributed by atoms with van der Waals surface area (Å²) in [5, 5.41) is 14.7. The van der Waals surface area contributed by atoms with E-state index in [1.807, 2.05) is 23.1 Å². The van der Waals surface area contributed by atoms with Gasteiger partial charge in [0.1, 0.15) is 12.1 Å². The Morgan fingerprint density at radius 1 is 1.19 bits per heavy atom. The van der Waals surface area contributed by atoms with Crippen molar-refractivity contribution in [2.45, 2.75) is 37.3 Å². The number of amides is 1. The molecule has 0 unspecified atom stereocenters. The zero-order valence-corrected chi connectivity index (χ0v) is 20.6. The number of hydrogen-bond donors (Lipinski definition) is 3. The van der Waals surface area contributed by atoms with Crippen LogP contribution in [0.1, 0.15) is 30.7 Å². The first-order valence-electron chi connectivity index (χ1n) is 12.6. The van der Waals surface area contributed by atoms with Crippen molar-refractivity contribution in [2.75, 3.05) is 31.9 Å². The number of ether oxygens (including phenoxy) is 1. The fraction of sp³-hybridized carbons (Fsp3) is 0.407. The van der Waals surface area contributed by atoms with Crippen molar-refractivity contribution >= 4 is 11.6 Å². The summed E-state index contributed by atoms with van der Waals surface area (Å²) in [6.45, 7) is 2.49. The van der Waals surface area contributed by atoms with Gasteiger partial charge in [-0.1, -0.05) is 30.3 Å². The van der Waals surface area contributed by atoms with Gasteiger partial charge in [-0.2, -0.15) is 0 Å². The summed E-state index contributed by atoms with van der Waals surface area (Å²) in [6, 6.07) is 13.5. The minimum Gasteiger partial charge on any atom is -0.435 e.